The molecule has 1 atom stereocenters. The smallest absolute Gasteiger partial charge is 0.340 e. The van der Waals surface area contributed by atoms with Crippen LogP contribution in [0, 0.1) is 6.92 Å². The third-order valence-corrected chi connectivity index (χ3v) is 5.53. The summed E-state index contributed by atoms with van der Waals surface area (Å²) in [6, 6.07) is 7.02. The highest BCUT2D eigenvalue weighted by Crippen LogP contribution is 2.33. The molecule has 160 valence electrons. The molecular weight excluding hydrogens is 384 g/mol. The number of nitrogens with zero attached hydrogens (tertiary/aromatic N) is 1. The molecule has 0 aliphatic carbocycles. The van der Waals surface area contributed by atoms with Crippen molar-refractivity contribution in [2.24, 2.45) is 0 Å². The number of likely N-dealkylation sites (tertiary alicyclic amines) is 1. The number of Topliss-reactive ketones (excluding diaryl/α,β-unsaturated/α-hetero) is 1. The van der Waals surface area contributed by atoms with Crippen LogP contribution in [-0.2, 0) is 9.53 Å². The highest BCUT2D eigenvalue weighted by atomic mass is 16.5. The van der Waals surface area contributed by atoms with Crippen LogP contribution < -0.4 is 4.74 Å². The van der Waals surface area contributed by atoms with Crippen molar-refractivity contribution in [3.63, 3.8) is 0 Å². The minimum absolute atomic E-state index is 0.0141. The number of hydrogen-bond donors (Lipinski definition) is 1. The van der Waals surface area contributed by atoms with Gasteiger partial charge in [-0.1, -0.05) is 12.1 Å². The number of aromatic amines is 1. The zero-order valence-electron chi connectivity index (χ0n) is 17.9. The van der Waals surface area contributed by atoms with Gasteiger partial charge in [-0.15, -0.1) is 0 Å². The second kappa shape index (κ2) is 9.15. The maximum absolute atomic E-state index is 13.3. The Morgan fingerprint density at radius 3 is 2.47 bits per heavy atom. The Morgan fingerprint density at radius 2 is 1.87 bits per heavy atom. The molecule has 1 N–H and O–H groups in total. The van der Waals surface area contributed by atoms with E-state index < -0.39 is 17.7 Å². The summed E-state index contributed by atoms with van der Waals surface area (Å²) in [4.78, 5) is 43.6. The molecule has 1 amide bonds. The third kappa shape index (κ3) is 4.10. The van der Waals surface area contributed by atoms with Crippen LogP contribution in [0.25, 0.3) is 11.1 Å². The zero-order chi connectivity index (χ0) is 21.8. The molecule has 7 nitrogen and oxygen atoms in total. The van der Waals surface area contributed by atoms with Crippen LogP contribution in [0.15, 0.2) is 24.3 Å². The molecule has 1 aliphatic rings. The molecule has 1 aromatic heterocycles. The lowest BCUT2D eigenvalue weighted by Crippen LogP contribution is -2.45. The minimum Gasteiger partial charge on any atom is -0.497 e. The lowest BCUT2D eigenvalue weighted by Gasteiger charge is -2.32. The Bertz CT molecular complexity index is 945. The Kier molecular flexibility index (Phi) is 6.59. The van der Waals surface area contributed by atoms with Gasteiger partial charge < -0.3 is 19.4 Å². The number of rotatable bonds is 6. The summed E-state index contributed by atoms with van der Waals surface area (Å²) in [5, 5.41) is 0. The summed E-state index contributed by atoms with van der Waals surface area (Å²) < 4.78 is 10.4. The number of carbonyl (C=O) groups is 3. The molecule has 0 saturated carbocycles. The van der Waals surface area contributed by atoms with Crippen molar-refractivity contribution in [3.05, 3.63) is 41.2 Å². The van der Waals surface area contributed by atoms with Crippen LogP contribution in [0.4, 0.5) is 0 Å². The molecule has 0 bridgehead atoms. The van der Waals surface area contributed by atoms with Gasteiger partial charge in [-0.05, 0) is 57.7 Å². The van der Waals surface area contributed by atoms with Gasteiger partial charge in [-0.25, -0.2) is 4.79 Å². The van der Waals surface area contributed by atoms with Gasteiger partial charge in [0.25, 0.3) is 11.7 Å². The minimum atomic E-state index is -0.645. The molecule has 0 unspecified atom stereocenters. The van der Waals surface area contributed by atoms with Crippen LogP contribution in [0.1, 0.15) is 59.7 Å². The van der Waals surface area contributed by atoms with E-state index in [0.29, 0.717) is 29.1 Å². The van der Waals surface area contributed by atoms with Crippen molar-refractivity contribution in [2.75, 3.05) is 20.3 Å². The highest BCUT2D eigenvalue weighted by molar-refractivity contribution is 6.43. The lowest BCUT2D eigenvalue weighted by atomic mass is 9.97. The van der Waals surface area contributed by atoms with Gasteiger partial charge in [-0.3, -0.25) is 9.59 Å². The largest absolute Gasteiger partial charge is 0.497 e. The van der Waals surface area contributed by atoms with E-state index in [4.69, 9.17) is 9.47 Å². The summed E-state index contributed by atoms with van der Waals surface area (Å²) in [5.74, 6) is -1.08. The van der Waals surface area contributed by atoms with E-state index in [1.54, 1.807) is 50.1 Å². The molecule has 1 saturated heterocycles. The molecule has 1 aliphatic heterocycles. The van der Waals surface area contributed by atoms with E-state index in [2.05, 4.69) is 4.98 Å². The van der Waals surface area contributed by atoms with Crippen LogP contribution >= 0.6 is 0 Å². The Balaban J connectivity index is 2.09. The second-order valence-electron chi connectivity index (χ2n) is 7.50. The molecule has 2 heterocycles. The highest BCUT2D eigenvalue weighted by Gasteiger charge is 2.34. The predicted molar refractivity (Wildman–Crippen MR) is 113 cm³/mol. The fourth-order valence-electron chi connectivity index (χ4n) is 3.94. The van der Waals surface area contributed by atoms with Crippen LogP contribution in [0.5, 0.6) is 5.75 Å². The van der Waals surface area contributed by atoms with Gasteiger partial charge in [0.2, 0.25) is 0 Å². The number of benzene rings is 1. The SMILES string of the molecule is CCOC(=O)c1c(C)[nH]c(C(=O)C(=O)N2CCCC[C@@H]2C)c1-c1ccc(OC)cc1. The fraction of sp³-hybridized carbons (Fsp3) is 0.435. The van der Waals surface area contributed by atoms with Crippen molar-refractivity contribution in [2.45, 2.75) is 46.1 Å². The average molecular weight is 412 g/mol. The van der Waals surface area contributed by atoms with Crippen molar-refractivity contribution in [1.29, 1.82) is 0 Å². The Hall–Kier alpha value is -3.09. The van der Waals surface area contributed by atoms with Gasteiger partial charge in [0, 0.05) is 23.8 Å². The van der Waals surface area contributed by atoms with Crippen molar-refractivity contribution in [3.8, 4) is 16.9 Å². The van der Waals surface area contributed by atoms with Crippen molar-refractivity contribution < 1.29 is 23.9 Å². The summed E-state index contributed by atoms with van der Waals surface area (Å²) >= 11 is 0. The van der Waals surface area contributed by atoms with Crippen molar-refractivity contribution >= 4 is 17.7 Å². The Morgan fingerprint density at radius 1 is 1.17 bits per heavy atom. The number of nitrogens with one attached hydrogen (secondary N) is 1. The molecule has 7 heteroatoms. The summed E-state index contributed by atoms with van der Waals surface area (Å²) in [6.07, 6.45) is 2.81. The molecule has 0 spiro atoms. The summed E-state index contributed by atoms with van der Waals surface area (Å²) in [6.45, 7) is 6.15. The standard InChI is InChI=1S/C23H28N2O5/c1-5-30-23(28)18-15(3)24-20(19(18)16-9-11-17(29-4)12-10-16)21(26)22(27)25-13-7-6-8-14(25)2/h9-12,14,24H,5-8,13H2,1-4H3/t14-/m0/s1. The molecule has 1 aromatic carbocycles. The molecule has 1 fully saturated rings. The first-order chi connectivity index (χ1) is 14.4. The number of amides is 1. The van der Waals surface area contributed by atoms with E-state index in [1.807, 2.05) is 6.92 Å². The number of ether oxygens (including phenoxy) is 2. The number of esters is 1. The number of H-pyrrole nitrogens is 1. The van der Waals surface area contributed by atoms with Crippen LogP contribution in [-0.4, -0.2) is 53.8 Å². The van der Waals surface area contributed by atoms with Gasteiger partial charge in [0.1, 0.15) is 11.4 Å². The number of ketones is 1. The van der Waals surface area contributed by atoms with Gasteiger partial charge in [0.05, 0.1) is 19.3 Å². The number of aryl methyl sites for hydroxylation is 1. The van der Waals surface area contributed by atoms with Crippen molar-refractivity contribution in [1.82, 2.24) is 9.88 Å². The summed E-state index contributed by atoms with van der Waals surface area (Å²) in [7, 11) is 1.56. The molecule has 0 radical (unpaired) electrons. The quantitative estimate of drug-likeness (QED) is 0.443. The van der Waals surface area contributed by atoms with Crippen LogP contribution in [0.3, 0.4) is 0 Å². The first-order valence-electron chi connectivity index (χ1n) is 10.3. The van der Waals surface area contributed by atoms with E-state index in [0.717, 1.165) is 19.3 Å². The van der Waals surface area contributed by atoms with E-state index in [-0.39, 0.29) is 23.9 Å². The number of piperidine rings is 1. The predicted octanol–water partition coefficient (Wildman–Crippen LogP) is 3.76. The normalized spacial score (nSPS) is 16.3. The van der Waals surface area contributed by atoms with Gasteiger partial charge >= 0.3 is 5.97 Å². The maximum Gasteiger partial charge on any atom is 0.340 e. The number of hydrogen-bond acceptors (Lipinski definition) is 5. The zero-order valence-corrected chi connectivity index (χ0v) is 17.9. The molecule has 2 aromatic rings. The van der Waals surface area contributed by atoms with E-state index in [1.165, 1.54) is 0 Å². The van der Waals surface area contributed by atoms with Gasteiger partial charge in [0.15, 0.2) is 0 Å². The summed E-state index contributed by atoms with van der Waals surface area (Å²) in [5.41, 5.74) is 1.89. The van der Waals surface area contributed by atoms with Crippen LogP contribution in [0.2, 0.25) is 0 Å². The maximum atomic E-state index is 13.3. The topological polar surface area (TPSA) is 88.7 Å². The first-order valence-corrected chi connectivity index (χ1v) is 10.3. The van der Waals surface area contributed by atoms with E-state index in [9.17, 15) is 14.4 Å². The second-order valence-corrected chi connectivity index (χ2v) is 7.50. The fourth-order valence-corrected chi connectivity index (χ4v) is 3.94. The third-order valence-electron chi connectivity index (χ3n) is 5.53. The molecule has 3 rings (SSSR count). The number of aromatic nitrogens is 1. The average Bonchev–Trinajstić information content (AvgIpc) is 3.10. The Labute approximate surface area is 176 Å². The molecule has 30 heavy (non-hydrogen) atoms. The first kappa shape index (κ1) is 21.6. The van der Waals surface area contributed by atoms with E-state index >= 15 is 0 Å². The number of carbonyl (C=O) groups excluding carboxylic acids is 3. The lowest BCUT2D eigenvalue weighted by molar-refractivity contribution is -0.129. The number of methoxy groups -OCH3 is 1. The monoisotopic (exact) mass is 412 g/mol. The van der Waals surface area contributed by atoms with Gasteiger partial charge in [-0.2, -0.15) is 0 Å². The molecular formula is C23H28N2O5.